The SMILES string of the molecule is COCCOc1ccc(S(=O)(=O)NCC2(N(C)C)CCCC2)cc1. The smallest absolute Gasteiger partial charge is 0.240 e. The predicted molar refractivity (Wildman–Crippen MR) is 93.9 cm³/mol. The molecule has 0 radical (unpaired) electrons. The number of ether oxygens (including phenoxy) is 2. The summed E-state index contributed by atoms with van der Waals surface area (Å²) in [5, 5.41) is 0. The molecule has 1 aliphatic rings. The van der Waals surface area contributed by atoms with Crippen molar-refractivity contribution in [3.05, 3.63) is 24.3 Å². The molecule has 0 amide bonds. The first-order valence-corrected chi connectivity index (χ1v) is 9.77. The zero-order valence-electron chi connectivity index (χ0n) is 14.7. The van der Waals surface area contributed by atoms with Crippen LogP contribution >= 0.6 is 0 Å². The van der Waals surface area contributed by atoms with Crippen LogP contribution in [0.3, 0.4) is 0 Å². The minimum atomic E-state index is -3.52. The number of sulfonamides is 1. The largest absolute Gasteiger partial charge is 0.491 e. The highest BCUT2D eigenvalue weighted by Crippen LogP contribution is 2.33. The average molecular weight is 356 g/mol. The highest BCUT2D eigenvalue weighted by Gasteiger charge is 2.36. The summed E-state index contributed by atoms with van der Waals surface area (Å²) in [6.07, 6.45) is 4.34. The van der Waals surface area contributed by atoms with Crippen LogP contribution in [-0.4, -0.2) is 59.8 Å². The molecule has 0 bridgehead atoms. The molecule has 0 aliphatic heterocycles. The molecular weight excluding hydrogens is 328 g/mol. The second-order valence-corrected chi connectivity index (χ2v) is 8.23. The van der Waals surface area contributed by atoms with Crippen molar-refractivity contribution >= 4 is 10.0 Å². The average Bonchev–Trinajstić information content (AvgIpc) is 3.04. The van der Waals surface area contributed by atoms with Crippen LogP contribution < -0.4 is 9.46 Å². The molecular formula is C17H28N2O4S. The fourth-order valence-electron chi connectivity index (χ4n) is 3.09. The van der Waals surface area contributed by atoms with Gasteiger partial charge >= 0.3 is 0 Å². The highest BCUT2D eigenvalue weighted by molar-refractivity contribution is 7.89. The molecule has 0 unspecified atom stereocenters. The molecule has 1 aromatic carbocycles. The van der Waals surface area contributed by atoms with Gasteiger partial charge < -0.3 is 14.4 Å². The number of methoxy groups -OCH3 is 1. The number of nitrogens with one attached hydrogen (secondary N) is 1. The van der Waals surface area contributed by atoms with Gasteiger partial charge in [-0.2, -0.15) is 0 Å². The summed E-state index contributed by atoms with van der Waals surface area (Å²) in [4.78, 5) is 2.41. The third-order valence-corrected chi connectivity index (χ3v) is 6.18. The lowest BCUT2D eigenvalue weighted by Gasteiger charge is -2.36. The molecule has 7 heteroatoms. The lowest BCUT2D eigenvalue weighted by molar-refractivity contribution is 0.146. The van der Waals surface area contributed by atoms with E-state index in [0.717, 1.165) is 25.7 Å². The summed E-state index contributed by atoms with van der Waals surface area (Å²) in [7, 11) is 2.13. The second-order valence-electron chi connectivity index (χ2n) is 6.46. The fraction of sp³-hybridized carbons (Fsp3) is 0.647. The van der Waals surface area contributed by atoms with E-state index in [4.69, 9.17) is 9.47 Å². The Hall–Kier alpha value is -1.15. The van der Waals surface area contributed by atoms with E-state index in [-0.39, 0.29) is 10.4 Å². The van der Waals surface area contributed by atoms with E-state index < -0.39 is 10.0 Å². The molecule has 1 aromatic rings. The minimum absolute atomic E-state index is 0.0731. The number of rotatable bonds is 9. The summed E-state index contributed by atoms with van der Waals surface area (Å²) in [6.45, 7) is 1.37. The van der Waals surface area contributed by atoms with Gasteiger partial charge in [-0.3, -0.25) is 0 Å². The topological polar surface area (TPSA) is 67.9 Å². The first kappa shape index (κ1) is 19.2. The van der Waals surface area contributed by atoms with Crippen molar-refractivity contribution in [2.75, 3.05) is 41.0 Å². The molecule has 1 N–H and O–H groups in total. The summed E-state index contributed by atoms with van der Waals surface area (Å²) < 4.78 is 38.2. The number of nitrogens with zero attached hydrogens (tertiary/aromatic N) is 1. The van der Waals surface area contributed by atoms with Crippen LogP contribution in [0.25, 0.3) is 0 Å². The van der Waals surface area contributed by atoms with Gasteiger partial charge in [0.15, 0.2) is 0 Å². The molecule has 0 atom stereocenters. The molecule has 1 aliphatic carbocycles. The van der Waals surface area contributed by atoms with Crippen molar-refractivity contribution in [2.45, 2.75) is 36.1 Å². The van der Waals surface area contributed by atoms with Gasteiger partial charge in [-0.05, 0) is 51.2 Å². The van der Waals surface area contributed by atoms with Crippen molar-refractivity contribution < 1.29 is 17.9 Å². The van der Waals surface area contributed by atoms with Crippen molar-refractivity contribution in [3.63, 3.8) is 0 Å². The van der Waals surface area contributed by atoms with Crippen molar-refractivity contribution in [1.82, 2.24) is 9.62 Å². The van der Waals surface area contributed by atoms with Crippen LogP contribution in [0.15, 0.2) is 29.2 Å². The van der Waals surface area contributed by atoms with E-state index in [2.05, 4.69) is 9.62 Å². The molecule has 1 fully saturated rings. The molecule has 0 saturated heterocycles. The molecule has 0 aromatic heterocycles. The molecule has 2 rings (SSSR count). The van der Waals surface area contributed by atoms with E-state index in [0.29, 0.717) is 25.5 Å². The number of likely N-dealkylation sites (N-methyl/N-ethyl adjacent to an activating group) is 1. The van der Waals surface area contributed by atoms with Crippen molar-refractivity contribution in [1.29, 1.82) is 0 Å². The molecule has 0 spiro atoms. The Kier molecular flexibility index (Phi) is 6.62. The van der Waals surface area contributed by atoms with Crippen LogP contribution in [0.5, 0.6) is 5.75 Å². The van der Waals surface area contributed by atoms with Crippen LogP contribution in [0.1, 0.15) is 25.7 Å². The van der Waals surface area contributed by atoms with E-state index in [1.807, 2.05) is 14.1 Å². The summed E-state index contributed by atoms with van der Waals surface area (Å²) in [5.41, 5.74) is -0.0731. The molecule has 0 heterocycles. The maximum absolute atomic E-state index is 12.5. The molecule has 1 saturated carbocycles. The van der Waals surface area contributed by atoms with Gasteiger partial charge in [-0.15, -0.1) is 0 Å². The molecule has 6 nitrogen and oxygen atoms in total. The maximum atomic E-state index is 12.5. The Morgan fingerprint density at radius 3 is 2.29 bits per heavy atom. The lowest BCUT2D eigenvalue weighted by Crippen LogP contribution is -2.50. The Bertz CT molecular complexity index is 608. The van der Waals surface area contributed by atoms with Gasteiger partial charge in [0.25, 0.3) is 0 Å². The van der Waals surface area contributed by atoms with Gasteiger partial charge in [-0.25, -0.2) is 13.1 Å². The van der Waals surface area contributed by atoms with Crippen molar-refractivity contribution in [3.8, 4) is 5.75 Å². The monoisotopic (exact) mass is 356 g/mol. The fourth-order valence-corrected chi connectivity index (χ4v) is 4.21. The molecule has 136 valence electrons. The van der Waals surface area contributed by atoms with Crippen molar-refractivity contribution in [2.24, 2.45) is 0 Å². The van der Waals surface area contributed by atoms with Crippen LogP contribution in [0, 0.1) is 0 Å². The van der Waals surface area contributed by atoms with Crippen LogP contribution in [0.4, 0.5) is 0 Å². The Labute approximate surface area is 145 Å². The van der Waals surface area contributed by atoms with Gasteiger partial charge in [-0.1, -0.05) is 12.8 Å². The zero-order chi connectivity index (χ0) is 17.6. The number of benzene rings is 1. The van der Waals surface area contributed by atoms with E-state index in [1.54, 1.807) is 31.4 Å². The van der Waals surface area contributed by atoms with Gasteiger partial charge in [0.1, 0.15) is 12.4 Å². The minimum Gasteiger partial charge on any atom is -0.491 e. The van der Waals surface area contributed by atoms with E-state index >= 15 is 0 Å². The Balaban J connectivity index is 1.99. The predicted octanol–water partition coefficient (Wildman–Crippen LogP) is 1.86. The number of hydrogen-bond donors (Lipinski definition) is 1. The van der Waals surface area contributed by atoms with E-state index in [1.165, 1.54) is 0 Å². The van der Waals surface area contributed by atoms with Gasteiger partial charge in [0.05, 0.1) is 11.5 Å². The second kappa shape index (κ2) is 8.29. The molecule has 24 heavy (non-hydrogen) atoms. The number of hydrogen-bond acceptors (Lipinski definition) is 5. The summed E-state index contributed by atoms with van der Waals surface area (Å²) >= 11 is 0. The van der Waals surface area contributed by atoms with Crippen LogP contribution in [-0.2, 0) is 14.8 Å². The third-order valence-electron chi connectivity index (χ3n) is 4.76. The Morgan fingerprint density at radius 2 is 1.75 bits per heavy atom. The Morgan fingerprint density at radius 1 is 1.12 bits per heavy atom. The van der Waals surface area contributed by atoms with Gasteiger partial charge in [0, 0.05) is 19.2 Å². The summed E-state index contributed by atoms with van der Waals surface area (Å²) in [5.74, 6) is 0.631. The van der Waals surface area contributed by atoms with E-state index in [9.17, 15) is 8.42 Å². The first-order chi connectivity index (χ1) is 11.4. The van der Waals surface area contributed by atoms with Crippen LogP contribution in [0.2, 0.25) is 0 Å². The maximum Gasteiger partial charge on any atom is 0.240 e. The standard InChI is InChI=1S/C17H28N2O4S/c1-19(2)17(10-4-5-11-17)14-18-24(20,21)16-8-6-15(7-9-16)23-13-12-22-3/h6-9,18H,4-5,10-14H2,1-3H3. The summed E-state index contributed by atoms with van der Waals surface area (Å²) in [6, 6.07) is 6.48. The normalized spacial score (nSPS) is 17.3. The first-order valence-electron chi connectivity index (χ1n) is 8.28. The zero-order valence-corrected chi connectivity index (χ0v) is 15.6. The quantitative estimate of drug-likeness (QED) is 0.684. The van der Waals surface area contributed by atoms with Gasteiger partial charge in [0.2, 0.25) is 10.0 Å². The third kappa shape index (κ3) is 4.69. The lowest BCUT2D eigenvalue weighted by atomic mass is 9.97. The highest BCUT2D eigenvalue weighted by atomic mass is 32.2.